The van der Waals surface area contributed by atoms with E-state index in [0.29, 0.717) is 18.6 Å². The summed E-state index contributed by atoms with van der Waals surface area (Å²) in [6.07, 6.45) is 4.97. The quantitative estimate of drug-likeness (QED) is 0.730. The number of hydrogen-bond donors (Lipinski definition) is 1. The van der Waals surface area contributed by atoms with Gasteiger partial charge in [-0.15, -0.1) is 0 Å². The molecular weight excluding hydrogens is 164 g/mol. The first-order valence-electron chi connectivity index (χ1n) is 5.32. The van der Waals surface area contributed by atoms with Crippen LogP contribution in [0.15, 0.2) is 0 Å². The number of rotatable bonds is 4. The third-order valence-electron chi connectivity index (χ3n) is 2.85. The third-order valence-corrected chi connectivity index (χ3v) is 2.85. The zero-order valence-electron chi connectivity index (χ0n) is 9.05. The van der Waals surface area contributed by atoms with Crippen molar-refractivity contribution in [1.82, 2.24) is 0 Å². The van der Waals surface area contributed by atoms with Crippen molar-refractivity contribution >= 4 is 0 Å². The highest BCUT2D eigenvalue weighted by molar-refractivity contribution is 4.80. The maximum absolute atomic E-state index is 8.87. The highest BCUT2D eigenvalue weighted by Crippen LogP contribution is 2.31. The molecule has 0 aromatic heterocycles. The molecule has 2 unspecified atom stereocenters. The lowest BCUT2D eigenvalue weighted by Gasteiger charge is -2.19. The van der Waals surface area contributed by atoms with E-state index >= 15 is 0 Å². The van der Waals surface area contributed by atoms with Crippen molar-refractivity contribution in [3.63, 3.8) is 0 Å². The predicted molar refractivity (Wildman–Crippen MR) is 53.7 cm³/mol. The van der Waals surface area contributed by atoms with Crippen molar-refractivity contribution in [2.24, 2.45) is 5.92 Å². The molecule has 0 radical (unpaired) electrons. The Morgan fingerprint density at radius 3 is 2.69 bits per heavy atom. The predicted octanol–water partition coefficient (Wildman–Crippen LogP) is 2.35. The van der Waals surface area contributed by atoms with Crippen molar-refractivity contribution in [3.05, 3.63) is 0 Å². The van der Waals surface area contributed by atoms with Gasteiger partial charge in [0.05, 0.1) is 11.7 Å². The number of aliphatic hydroxyl groups excluding tert-OH is 1. The van der Waals surface area contributed by atoms with Crippen molar-refractivity contribution in [1.29, 1.82) is 0 Å². The molecule has 1 heterocycles. The summed E-state index contributed by atoms with van der Waals surface area (Å²) in [7, 11) is 0. The fourth-order valence-corrected chi connectivity index (χ4v) is 1.84. The molecule has 1 N–H and O–H groups in total. The van der Waals surface area contributed by atoms with Gasteiger partial charge in [-0.1, -0.05) is 6.92 Å². The zero-order valence-corrected chi connectivity index (χ0v) is 9.05. The van der Waals surface area contributed by atoms with Crippen LogP contribution in [-0.2, 0) is 4.74 Å². The van der Waals surface area contributed by atoms with Gasteiger partial charge in [-0.05, 0) is 45.4 Å². The molecule has 0 amide bonds. The molecule has 1 aliphatic heterocycles. The minimum absolute atomic E-state index is 0.0904. The van der Waals surface area contributed by atoms with Crippen LogP contribution in [0.25, 0.3) is 0 Å². The summed E-state index contributed by atoms with van der Waals surface area (Å²) in [4.78, 5) is 0. The first-order chi connectivity index (χ1) is 6.03. The maximum atomic E-state index is 8.87. The molecular formula is C11H22O2. The summed E-state index contributed by atoms with van der Waals surface area (Å²) in [6, 6.07) is 0. The molecule has 0 saturated carbocycles. The normalized spacial score (nSPS) is 29.1. The van der Waals surface area contributed by atoms with Gasteiger partial charge in [0.1, 0.15) is 0 Å². The van der Waals surface area contributed by atoms with Gasteiger partial charge >= 0.3 is 0 Å². The van der Waals surface area contributed by atoms with Crippen LogP contribution in [0.5, 0.6) is 0 Å². The average Bonchev–Trinajstić information content (AvgIpc) is 2.41. The highest BCUT2D eigenvalue weighted by Gasteiger charge is 2.31. The van der Waals surface area contributed by atoms with Gasteiger partial charge in [-0.2, -0.15) is 0 Å². The first kappa shape index (κ1) is 11.0. The van der Waals surface area contributed by atoms with E-state index in [1.54, 1.807) is 0 Å². The van der Waals surface area contributed by atoms with Crippen molar-refractivity contribution < 1.29 is 9.84 Å². The van der Waals surface area contributed by atoms with Gasteiger partial charge in [0, 0.05) is 6.61 Å². The molecule has 78 valence electrons. The Bertz CT molecular complexity index is 154. The van der Waals surface area contributed by atoms with E-state index in [1.807, 2.05) is 0 Å². The number of ether oxygens (including phenoxy) is 1. The van der Waals surface area contributed by atoms with E-state index in [9.17, 15) is 0 Å². The standard InChI is InChI=1S/C11H22O2/c1-9(8-12)4-5-10-6-7-11(2,3)13-10/h9-10,12H,4-8H2,1-3H3. The topological polar surface area (TPSA) is 29.5 Å². The minimum Gasteiger partial charge on any atom is -0.396 e. The second-order valence-corrected chi connectivity index (χ2v) is 4.90. The van der Waals surface area contributed by atoms with Crippen LogP contribution in [0.3, 0.4) is 0 Å². The van der Waals surface area contributed by atoms with Crippen LogP contribution in [0.1, 0.15) is 46.5 Å². The largest absolute Gasteiger partial charge is 0.396 e. The molecule has 2 atom stereocenters. The molecule has 1 saturated heterocycles. The van der Waals surface area contributed by atoms with Crippen molar-refractivity contribution in [2.75, 3.05) is 6.61 Å². The second kappa shape index (κ2) is 4.43. The molecule has 0 bridgehead atoms. The monoisotopic (exact) mass is 186 g/mol. The lowest BCUT2D eigenvalue weighted by atomic mass is 10.0. The fourth-order valence-electron chi connectivity index (χ4n) is 1.84. The molecule has 1 rings (SSSR count). The lowest BCUT2D eigenvalue weighted by Crippen LogP contribution is -2.20. The number of hydrogen-bond acceptors (Lipinski definition) is 2. The Morgan fingerprint density at radius 2 is 2.23 bits per heavy atom. The minimum atomic E-state index is 0.0904. The molecule has 0 aromatic carbocycles. The van der Waals surface area contributed by atoms with Gasteiger partial charge in [0.2, 0.25) is 0 Å². The Morgan fingerprint density at radius 1 is 1.54 bits per heavy atom. The zero-order chi connectivity index (χ0) is 9.90. The molecule has 1 fully saturated rings. The summed E-state index contributed by atoms with van der Waals surface area (Å²) in [5.41, 5.74) is 0.0904. The van der Waals surface area contributed by atoms with Crippen LogP contribution in [0, 0.1) is 5.92 Å². The van der Waals surface area contributed by atoms with Gasteiger partial charge in [-0.25, -0.2) is 0 Å². The number of aliphatic hydroxyl groups is 1. The van der Waals surface area contributed by atoms with Crippen molar-refractivity contribution in [2.45, 2.75) is 58.2 Å². The molecule has 1 aliphatic rings. The fraction of sp³-hybridized carbons (Fsp3) is 1.00. The van der Waals surface area contributed by atoms with Crippen LogP contribution in [0.2, 0.25) is 0 Å². The Labute approximate surface area is 81.3 Å². The summed E-state index contributed by atoms with van der Waals surface area (Å²) in [5, 5.41) is 8.87. The van der Waals surface area contributed by atoms with E-state index < -0.39 is 0 Å². The Hall–Kier alpha value is -0.0800. The van der Waals surface area contributed by atoms with Gasteiger partial charge < -0.3 is 9.84 Å². The first-order valence-corrected chi connectivity index (χ1v) is 5.32. The molecule has 0 spiro atoms. The van der Waals surface area contributed by atoms with Crippen LogP contribution >= 0.6 is 0 Å². The maximum Gasteiger partial charge on any atom is 0.0631 e. The Kier molecular flexibility index (Phi) is 3.74. The Balaban J connectivity index is 2.17. The lowest BCUT2D eigenvalue weighted by molar-refractivity contribution is -0.0209. The van der Waals surface area contributed by atoms with E-state index in [2.05, 4.69) is 20.8 Å². The summed E-state index contributed by atoms with van der Waals surface area (Å²) in [6.45, 7) is 6.70. The van der Waals surface area contributed by atoms with Crippen molar-refractivity contribution in [3.8, 4) is 0 Å². The van der Waals surface area contributed by atoms with Gasteiger partial charge in [0.25, 0.3) is 0 Å². The van der Waals surface area contributed by atoms with E-state index in [4.69, 9.17) is 9.84 Å². The van der Waals surface area contributed by atoms with Crippen LogP contribution in [0.4, 0.5) is 0 Å². The van der Waals surface area contributed by atoms with Crippen LogP contribution < -0.4 is 0 Å². The molecule has 0 aliphatic carbocycles. The van der Waals surface area contributed by atoms with E-state index in [-0.39, 0.29) is 5.60 Å². The van der Waals surface area contributed by atoms with E-state index in [1.165, 1.54) is 12.8 Å². The van der Waals surface area contributed by atoms with Crippen LogP contribution in [-0.4, -0.2) is 23.4 Å². The summed E-state index contributed by atoms with van der Waals surface area (Å²) < 4.78 is 5.86. The molecule has 0 aromatic rings. The van der Waals surface area contributed by atoms with Gasteiger partial charge in [0.15, 0.2) is 0 Å². The summed E-state index contributed by atoms with van der Waals surface area (Å²) >= 11 is 0. The van der Waals surface area contributed by atoms with E-state index in [0.717, 1.165) is 12.8 Å². The third kappa shape index (κ3) is 3.65. The summed E-state index contributed by atoms with van der Waals surface area (Å²) in [5.74, 6) is 0.423. The van der Waals surface area contributed by atoms with Gasteiger partial charge in [-0.3, -0.25) is 0 Å². The molecule has 2 nitrogen and oxygen atoms in total. The highest BCUT2D eigenvalue weighted by atomic mass is 16.5. The average molecular weight is 186 g/mol. The SMILES string of the molecule is CC(CO)CCC1CCC(C)(C)O1. The molecule has 13 heavy (non-hydrogen) atoms. The smallest absolute Gasteiger partial charge is 0.0631 e. The second-order valence-electron chi connectivity index (χ2n) is 4.90. The molecule has 2 heteroatoms.